The Morgan fingerprint density at radius 3 is 2.40 bits per heavy atom. The fourth-order valence-corrected chi connectivity index (χ4v) is 4.55. The highest BCUT2D eigenvalue weighted by atomic mass is 15.2. The third kappa shape index (κ3) is 4.33. The number of anilines is 1. The Kier molecular flexibility index (Phi) is 5.51. The maximum Gasteiger partial charge on any atom is 0.129 e. The number of pyridine rings is 1. The van der Waals surface area contributed by atoms with Crippen molar-refractivity contribution in [2.75, 3.05) is 31.1 Å². The molecule has 4 rings (SSSR count). The van der Waals surface area contributed by atoms with Gasteiger partial charge in [-0.05, 0) is 68.8 Å². The summed E-state index contributed by atoms with van der Waals surface area (Å²) in [6.45, 7) is 4.82. The summed E-state index contributed by atoms with van der Waals surface area (Å²) < 4.78 is 0. The molecule has 3 heteroatoms. The molecule has 0 atom stereocenters. The van der Waals surface area contributed by atoms with Crippen molar-refractivity contribution in [1.29, 1.82) is 0 Å². The summed E-state index contributed by atoms with van der Waals surface area (Å²) in [5.41, 5.74) is 1.11. The SMILES string of the molecule is c1ccc2nc(N3CCC(CCCC4CCNCC4)CC3)ccc2c1. The zero-order valence-electron chi connectivity index (χ0n) is 15.3. The van der Waals surface area contributed by atoms with E-state index in [9.17, 15) is 0 Å². The van der Waals surface area contributed by atoms with Gasteiger partial charge in [-0.15, -0.1) is 0 Å². The summed E-state index contributed by atoms with van der Waals surface area (Å²) in [4.78, 5) is 7.35. The van der Waals surface area contributed by atoms with Gasteiger partial charge >= 0.3 is 0 Å². The van der Waals surface area contributed by atoms with E-state index >= 15 is 0 Å². The van der Waals surface area contributed by atoms with Crippen LogP contribution in [-0.4, -0.2) is 31.2 Å². The number of aromatic nitrogens is 1. The van der Waals surface area contributed by atoms with Crippen LogP contribution in [0.15, 0.2) is 36.4 Å². The van der Waals surface area contributed by atoms with Gasteiger partial charge in [0.15, 0.2) is 0 Å². The Hall–Kier alpha value is -1.61. The van der Waals surface area contributed by atoms with Crippen molar-refractivity contribution in [2.45, 2.75) is 44.9 Å². The van der Waals surface area contributed by atoms with Crippen LogP contribution in [0.4, 0.5) is 5.82 Å². The number of hydrogen-bond donors (Lipinski definition) is 1. The molecule has 25 heavy (non-hydrogen) atoms. The first-order valence-electron chi connectivity index (χ1n) is 10.2. The third-order valence-corrected chi connectivity index (χ3v) is 6.21. The molecule has 3 heterocycles. The molecular weight excluding hydrogens is 306 g/mol. The van der Waals surface area contributed by atoms with E-state index in [-0.39, 0.29) is 0 Å². The van der Waals surface area contributed by atoms with Crippen molar-refractivity contribution in [1.82, 2.24) is 10.3 Å². The number of nitrogens with one attached hydrogen (secondary N) is 1. The topological polar surface area (TPSA) is 28.2 Å². The minimum Gasteiger partial charge on any atom is -0.357 e. The van der Waals surface area contributed by atoms with Crippen LogP contribution in [0.3, 0.4) is 0 Å². The summed E-state index contributed by atoms with van der Waals surface area (Å²) in [6.07, 6.45) is 9.78. The Morgan fingerprint density at radius 2 is 1.60 bits per heavy atom. The summed E-state index contributed by atoms with van der Waals surface area (Å²) >= 11 is 0. The standard InChI is InChI=1S/C22H31N3/c1-2-7-21-20(6-1)8-9-22(24-21)25-16-12-19(13-17-25)5-3-4-18-10-14-23-15-11-18/h1-2,6-9,18-19,23H,3-5,10-17H2. The second-order valence-corrected chi connectivity index (χ2v) is 7.92. The average molecular weight is 338 g/mol. The van der Waals surface area contributed by atoms with E-state index in [1.165, 1.54) is 76.5 Å². The molecule has 1 aromatic carbocycles. The van der Waals surface area contributed by atoms with E-state index in [1.807, 2.05) is 0 Å². The summed E-state index contributed by atoms with van der Waals surface area (Å²) in [6, 6.07) is 12.8. The normalized spacial score (nSPS) is 20.2. The number of para-hydroxylation sites is 1. The Balaban J connectivity index is 1.24. The molecule has 0 unspecified atom stereocenters. The number of nitrogens with zero attached hydrogens (tertiary/aromatic N) is 2. The van der Waals surface area contributed by atoms with Gasteiger partial charge in [-0.1, -0.05) is 37.5 Å². The highest BCUT2D eigenvalue weighted by Gasteiger charge is 2.21. The van der Waals surface area contributed by atoms with Crippen molar-refractivity contribution < 1.29 is 0 Å². The molecule has 0 spiro atoms. The van der Waals surface area contributed by atoms with Gasteiger partial charge in [0.1, 0.15) is 5.82 Å². The van der Waals surface area contributed by atoms with Gasteiger partial charge in [-0.25, -0.2) is 4.98 Å². The Morgan fingerprint density at radius 1 is 0.880 bits per heavy atom. The third-order valence-electron chi connectivity index (χ3n) is 6.21. The molecule has 3 nitrogen and oxygen atoms in total. The second-order valence-electron chi connectivity index (χ2n) is 7.92. The number of benzene rings is 1. The molecule has 0 bridgehead atoms. The summed E-state index contributed by atoms with van der Waals surface area (Å²) in [5, 5.41) is 4.71. The highest BCUT2D eigenvalue weighted by Crippen LogP contribution is 2.28. The fraction of sp³-hybridized carbons (Fsp3) is 0.591. The molecule has 2 aliphatic heterocycles. The molecule has 2 aliphatic rings. The van der Waals surface area contributed by atoms with Crippen LogP contribution in [0.2, 0.25) is 0 Å². The quantitative estimate of drug-likeness (QED) is 0.863. The predicted octanol–water partition coefficient (Wildman–Crippen LogP) is 4.62. The first-order valence-corrected chi connectivity index (χ1v) is 10.2. The average Bonchev–Trinajstić information content (AvgIpc) is 2.69. The predicted molar refractivity (Wildman–Crippen MR) is 106 cm³/mol. The van der Waals surface area contributed by atoms with Gasteiger partial charge < -0.3 is 10.2 Å². The molecule has 134 valence electrons. The fourth-order valence-electron chi connectivity index (χ4n) is 4.55. The van der Waals surface area contributed by atoms with E-state index in [0.717, 1.165) is 23.2 Å². The molecule has 0 radical (unpaired) electrons. The molecular formula is C22H31N3. The van der Waals surface area contributed by atoms with Crippen LogP contribution < -0.4 is 10.2 Å². The van der Waals surface area contributed by atoms with Crippen molar-refractivity contribution >= 4 is 16.7 Å². The minimum atomic E-state index is 0.929. The molecule has 2 fully saturated rings. The first kappa shape index (κ1) is 16.8. The molecule has 0 aliphatic carbocycles. The van der Waals surface area contributed by atoms with Crippen LogP contribution >= 0.6 is 0 Å². The monoisotopic (exact) mass is 337 g/mol. The van der Waals surface area contributed by atoms with E-state index < -0.39 is 0 Å². The lowest BCUT2D eigenvalue weighted by Gasteiger charge is -2.33. The lowest BCUT2D eigenvalue weighted by atomic mass is 9.87. The van der Waals surface area contributed by atoms with Crippen molar-refractivity contribution in [3.8, 4) is 0 Å². The molecule has 1 N–H and O–H groups in total. The molecule has 0 saturated carbocycles. The maximum atomic E-state index is 4.87. The smallest absolute Gasteiger partial charge is 0.129 e. The number of fused-ring (bicyclic) bond motifs is 1. The van der Waals surface area contributed by atoms with Gasteiger partial charge in [-0.2, -0.15) is 0 Å². The first-order chi connectivity index (χ1) is 12.4. The van der Waals surface area contributed by atoms with Gasteiger partial charge in [0.2, 0.25) is 0 Å². The highest BCUT2D eigenvalue weighted by molar-refractivity contribution is 5.80. The van der Waals surface area contributed by atoms with Gasteiger partial charge in [-0.3, -0.25) is 0 Å². The van der Waals surface area contributed by atoms with Gasteiger partial charge in [0, 0.05) is 18.5 Å². The van der Waals surface area contributed by atoms with E-state index in [2.05, 4.69) is 46.6 Å². The number of piperidine rings is 2. The number of rotatable bonds is 5. The van der Waals surface area contributed by atoms with Crippen molar-refractivity contribution in [2.24, 2.45) is 11.8 Å². The lowest BCUT2D eigenvalue weighted by molar-refractivity contribution is 0.313. The molecule has 2 aromatic rings. The molecule has 0 amide bonds. The van der Waals surface area contributed by atoms with Crippen molar-refractivity contribution in [3.63, 3.8) is 0 Å². The van der Waals surface area contributed by atoms with Gasteiger partial charge in [0.25, 0.3) is 0 Å². The van der Waals surface area contributed by atoms with Crippen LogP contribution in [-0.2, 0) is 0 Å². The van der Waals surface area contributed by atoms with Gasteiger partial charge in [0.05, 0.1) is 5.52 Å². The van der Waals surface area contributed by atoms with E-state index in [0.29, 0.717) is 0 Å². The van der Waals surface area contributed by atoms with E-state index in [4.69, 9.17) is 4.98 Å². The second kappa shape index (κ2) is 8.18. The largest absolute Gasteiger partial charge is 0.357 e. The van der Waals surface area contributed by atoms with Crippen LogP contribution in [0, 0.1) is 11.8 Å². The van der Waals surface area contributed by atoms with E-state index in [1.54, 1.807) is 0 Å². The minimum absolute atomic E-state index is 0.929. The number of hydrogen-bond acceptors (Lipinski definition) is 3. The van der Waals surface area contributed by atoms with Crippen LogP contribution in [0.1, 0.15) is 44.9 Å². The Bertz CT molecular complexity index is 670. The lowest BCUT2D eigenvalue weighted by Crippen LogP contribution is -2.34. The van der Waals surface area contributed by atoms with Crippen LogP contribution in [0.25, 0.3) is 10.9 Å². The molecule has 2 saturated heterocycles. The van der Waals surface area contributed by atoms with Crippen LogP contribution in [0.5, 0.6) is 0 Å². The zero-order chi connectivity index (χ0) is 16.9. The maximum absolute atomic E-state index is 4.87. The molecule has 1 aromatic heterocycles. The van der Waals surface area contributed by atoms with Crippen molar-refractivity contribution in [3.05, 3.63) is 36.4 Å². The summed E-state index contributed by atoms with van der Waals surface area (Å²) in [5.74, 6) is 3.08. The Labute approximate surface area is 151 Å². The zero-order valence-corrected chi connectivity index (χ0v) is 15.3. The summed E-state index contributed by atoms with van der Waals surface area (Å²) in [7, 11) is 0.